The van der Waals surface area contributed by atoms with Gasteiger partial charge in [0.25, 0.3) is 0 Å². The molecule has 0 saturated carbocycles. The summed E-state index contributed by atoms with van der Waals surface area (Å²) in [6, 6.07) is 20.3. The molecule has 0 unspecified atom stereocenters. The number of hydrogen-bond acceptors (Lipinski definition) is 6. The van der Waals surface area contributed by atoms with Crippen molar-refractivity contribution in [3.05, 3.63) is 87.4 Å². The van der Waals surface area contributed by atoms with Crippen molar-refractivity contribution < 1.29 is 19.1 Å². The van der Waals surface area contributed by atoms with E-state index in [1.807, 2.05) is 50.2 Å². The summed E-state index contributed by atoms with van der Waals surface area (Å²) < 4.78 is 12.3. The molecular weight excluding hydrogens is 536 g/mol. The summed E-state index contributed by atoms with van der Waals surface area (Å²) >= 11 is 3.51. The van der Waals surface area contributed by atoms with Crippen molar-refractivity contribution in [2.45, 2.75) is 33.3 Å². The Hall–Kier alpha value is -4.16. The van der Waals surface area contributed by atoms with Crippen LogP contribution in [0.1, 0.15) is 42.0 Å². The first-order valence-corrected chi connectivity index (χ1v) is 12.4. The lowest BCUT2D eigenvalue weighted by molar-refractivity contribution is -0.124. The van der Waals surface area contributed by atoms with Gasteiger partial charge in [-0.15, -0.1) is 0 Å². The van der Waals surface area contributed by atoms with Gasteiger partial charge in [0.15, 0.2) is 11.5 Å². The second kappa shape index (κ2) is 13.8. The van der Waals surface area contributed by atoms with Crippen LogP contribution >= 0.6 is 15.9 Å². The van der Waals surface area contributed by atoms with E-state index in [1.165, 1.54) is 6.21 Å². The predicted molar refractivity (Wildman–Crippen MR) is 146 cm³/mol. The minimum Gasteiger partial charge on any atom is -0.490 e. The summed E-state index contributed by atoms with van der Waals surface area (Å²) in [4.78, 5) is 24.2. The first-order chi connectivity index (χ1) is 17.9. The molecule has 2 amide bonds. The van der Waals surface area contributed by atoms with Crippen LogP contribution in [0.4, 0.5) is 5.69 Å². The van der Waals surface area contributed by atoms with Crippen molar-refractivity contribution >= 4 is 39.6 Å². The van der Waals surface area contributed by atoms with Gasteiger partial charge >= 0.3 is 0 Å². The summed E-state index contributed by atoms with van der Waals surface area (Å²) in [5, 5.41) is 16.0. The van der Waals surface area contributed by atoms with Crippen LogP contribution in [0.3, 0.4) is 0 Å². The normalized spacial score (nSPS) is 10.5. The summed E-state index contributed by atoms with van der Waals surface area (Å²) in [5.41, 5.74) is 6.19. The minimum atomic E-state index is -0.379. The van der Waals surface area contributed by atoms with Crippen LogP contribution in [-0.4, -0.2) is 24.6 Å². The summed E-state index contributed by atoms with van der Waals surface area (Å²) in [6.07, 6.45) is 1.52. The van der Waals surface area contributed by atoms with E-state index in [2.05, 4.69) is 37.8 Å². The number of amides is 2. The third-order valence-corrected chi connectivity index (χ3v) is 5.75. The second-order valence-corrected chi connectivity index (χ2v) is 8.88. The molecule has 8 nitrogen and oxygen atoms in total. The maximum Gasteiger partial charge on any atom is 0.240 e. The van der Waals surface area contributed by atoms with Gasteiger partial charge in [-0.2, -0.15) is 10.4 Å². The highest BCUT2D eigenvalue weighted by Crippen LogP contribution is 2.37. The van der Waals surface area contributed by atoms with E-state index >= 15 is 0 Å². The molecule has 0 bridgehead atoms. The Labute approximate surface area is 224 Å². The molecule has 37 heavy (non-hydrogen) atoms. The number of hydrazone groups is 1. The van der Waals surface area contributed by atoms with Gasteiger partial charge in [0.1, 0.15) is 6.61 Å². The van der Waals surface area contributed by atoms with Crippen LogP contribution in [0.25, 0.3) is 0 Å². The Bertz CT molecular complexity index is 1320. The number of aryl methyl sites for hydroxylation is 1. The van der Waals surface area contributed by atoms with E-state index in [0.29, 0.717) is 39.4 Å². The van der Waals surface area contributed by atoms with Crippen LogP contribution in [0.5, 0.6) is 11.5 Å². The topological polar surface area (TPSA) is 113 Å². The predicted octanol–water partition coefficient (Wildman–Crippen LogP) is 5.48. The van der Waals surface area contributed by atoms with Gasteiger partial charge in [-0.3, -0.25) is 9.59 Å². The van der Waals surface area contributed by atoms with Crippen LogP contribution in [-0.2, 0) is 16.2 Å². The lowest BCUT2D eigenvalue weighted by Crippen LogP contribution is -2.20. The average molecular weight is 563 g/mol. The Balaban J connectivity index is 1.56. The van der Waals surface area contributed by atoms with E-state index in [4.69, 9.17) is 9.47 Å². The van der Waals surface area contributed by atoms with Crippen molar-refractivity contribution in [1.82, 2.24) is 5.43 Å². The standard InChI is InChI=1S/C28H27BrN4O4/c1-3-36-25-15-20(14-24(29)28(25)37-18-22-7-5-4-6-21(22)16-30)17-31-33-27(35)13-12-26(34)32-23-10-8-19(2)9-11-23/h4-11,14-15,17H,3,12-13,18H2,1-2H3,(H,32,34)(H,33,35). The zero-order chi connectivity index (χ0) is 26.6. The molecule has 9 heteroatoms. The van der Waals surface area contributed by atoms with Crippen molar-refractivity contribution in [3.8, 4) is 17.6 Å². The highest BCUT2D eigenvalue weighted by atomic mass is 79.9. The third-order valence-electron chi connectivity index (χ3n) is 5.16. The van der Waals surface area contributed by atoms with Crippen LogP contribution < -0.4 is 20.2 Å². The first kappa shape index (κ1) is 27.4. The zero-order valence-corrected chi connectivity index (χ0v) is 22.2. The number of nitrogens with one attached hydrogen (secondary N) is 2. The molecule has 0 aliphatic heterocycles. The number of anilines is 1. The molecule has 190 valence electrons. The fourth-order valence-electron chi connectivity index (χ4n) is 3.29. The molecule has 3 aromatic carbocycles. The van der Waals surface area contributed by atoms with E-state index < -0.39 is 0 Å². The molecule has 0 atom stereocenters. The molecule has 3 aromatic rings. The fraction of sp³-hybridized carbons (Fsp3) is 0.214. The van der Waals surface area contributed by atoms with Gasteiger partial charge < -0.3 is 14.8 Å². The Morgan fingerprint density at radius 2 is 1.78 bits per heavy atom. The quantitative estimate of drug-likeness (QED) is 0.237. The molecule has 0 radical (unpaired) electrons. The molecule has 0 spiro atoms. The number of carbonyl (C=O) groups is 2. The molecule has 3 rings (SSSR count). The number of rotatable bonds is 11. The maximum atomic E-state index is 12.1. The van der Waals surface area contributed by atoms with Gasteiger partial charge in [-0.05, 0) is 65.7 Å². The summed E-state index contributed by atoms with van der Waals surface area (Å²) in [5.74, 6) is 0.360. The van der Waals surface area contributed by atoms with Crippen molar-refractivity contribution in [2.24, 2.45) is 5.10 Å². The van der Waals surface area contributed by atoms with Crippen LogP contribution in [0.2, 0.25) is 0 Å². The Kier molecular flexibility index (Phi) is 10.2. The Morgan fingerprint density at radius 1 is 1.05 bits per heavy atom. The fourth-order valence-corrected chi connectivity index (χ4v) is 3.87. The highest BCUT2D eigenvalue weighted by molar-refractivity contribution is 9.10. The number of carbonyl (C=O) groups excluding carboxylic acids is 2. The first-order valence-electron chi connectivity index (χ1n) is 11.6. The van der Waals surface area contributed by atoms with Gasteiger partial charge in [-0.25, -0.2) is 5.43 Å². The number of nitriles is 1. The molecule has 0 saturated heterocycles. The summed E-state index contributed by atoms with van der Waals surface area (Å²) in [6.45, 7) is 4.44. The highest BCUT2D eigenvalue weighted by Gasteiger charge is 2.13. The monoisotopic (exact) mass is 562 g/mol. The van der Waals surface area contributed by atoms with E-state index in [0.717, 1.165) is 11.1 Å². The molecule has 0 heterocycles. The number of halogens is 1. The lowest BCUT2D eigenvalue weighted by atomic mass is 10.1. The van der Waals surface area contributed by atoms with E-state index in [1.54, 1.807) is 24.3 Å². The number of benzene rings is 3. The minimum absolute atomic E-state index is 0.000125. The van der Waals surface area contributed by atoms with Crippen molar-refractivity contribution in [1.29, 1.82) is 5.26 Å². The molecule has 0 aliphatic carbocycles. The lowest BCUT2D eigenvalue weighted by Gasteiger charge is -2.15. The van der Waals surface area contributed by atoms with E-state index in [9.17, 15) is 14.9 Å². The average Bonchev–Trinajstić information content (AvgIpc) is 2.89. The van der Waals surface area contributed by atoms with Gasteiger partial charge in [-0.1, -0.05) is 35.9 Å². The SMILES string of the molecule is CCOc1cc(C=NNC(=O)CCC(=O)Nc2ccc(C)cc2)cc(Br)c1OCc1ccccc1C#N. The Morgan fingerprint density at radius 3 is 2.51 bits per heavy atom. The molecule has 0 fully saturated rings. The van der Waals surface area contributed by atoms with Gasteiger partial charge in [0, 0.05) is 24.1 Å². The molecule has 0 aliphatic rings. The van der Waals surface area contributed by atoms with Gasteiger partial charge in [0.2, 0.25) is 11.8 Å². The second-order valence-electron chi connectivity index (χ2n) is 8.03. The number of ether oxygens (including phenoxy) is 2. The maximum absolute atomic E-state index is 12.1. The number of hydrogen-bond donors (Lipinski definition) is 2. The van der Waals surface area contributed by atoms with Crippen LogP contribution in [0.15, 0.2) is 70.2 Å². The third kappa shape index (κ3) is 8.47. The van der Waals surface area contributed by atoms with Crippen molar-refractivity contribution in [2.75, 3.05) is 11.9 Å². The molecule has 0 aromatic heterocycles. The number of nitrogens with zero attached hydrogens (tertiary/aromatic N) is 2. The molecule has 2 N–H and O–H groups in total. The van der Waals surface area contributed by atoms with Gasteiger partial charge in [0.05, 0.1) is 28.9 Å². The molecular formula is C28H27BrN4O4. The largest absolute Gasteiger partial charge is 0.490 e. The zero-order valence-electron chi connectivity index (χ0n) is 20.6. The van der Waals surface area contributed by atoms with E-state index in [-0.39, 0.29) is 31.3 Å². The smallest absolute Gasteiger partial charge is 0.240 e. The van der Waals surface area contributed by atoms with Crippen molar-refractivity contribution in [3.63, 3.8) is 0 Å². The van der Waals surface area contributed by atoms with Crippen LogP contribution in [0, 0.1) is 18.3 Å². The summed E-state index contributed by atoms with van der Waals surface area (Å²) in [7, 11) is 0.